The van der Waals surface area contributed by atoms with Crippen LogP contribution in [0, 0.1) is 0 Å². The van der Waals surface area contributed by atoms with E-state index in [2.05, 4.69) is 10.3 Å². The van der Waals surface area contributed by atoms with Crippen LogP contribution in [0.1, 0.15) is 19.8 Å². The molecule has 0 saturated heterocycles. The minimum atomic E-state index is -0.0859. The predicted octanol–water partition coefficient (Wildman–Crippen LogP) is 1.71. The highest BCUT2D eigenvalue weighted by atomic mass is 35.5. The first-order valence-electron chi connectivity index (χ1n) is 6.11. The standard InChI is InChI=1S/C12H20ClN3O2/c1-3-7-16-8-6-15-11(12(16)17)14-5-4-10(13)9-18-2/h6,8,10H,3-5,7,9H2,1-2H3,(H,14,15). The molecule has 1 heterocycles. The van der Waals surface area contributed by atoms with E-state index in [1.807, 2.05) is 6.92 Å². The highest BCUT2D eigenvalue weighted by Gasteiger charge is 2.06. The second kappa shape index (κ2) is 8.11. The first kappa shape index (κ1) is 15.0. The molecule has 0 bridgehead atoms. The number of nitrogens with one attached hydrogen (secondary N) is 1. The average Bonchev–Trinajstić information content (AvgIpc) is 2.34. The van der Waals surface area contributed by atoms with E-state index in [0.717, 1.165) is 12.8 Å². The van der Waals surface area contributed by atoms with Crippen molar-refractivity contribution in [2.45, 2.75) is 31.7 Å². The Balaban J connectivity index is 2.52. The van der Waals surface area contributed by atoms with Crippen LogP contribution in [0.5, 0.6) is 0 Å². The fourth-order valence-electron chi connectivity index (χ4n) is 1.60. The fourth-order valence-corrected chi connectivity index (χ4v) is 1.83. The average molecular weight is 274 g/mol. The summed E-state index contributed by atoms with van der Waals surface area (Å²) in [5.41, 5.74) is -0.0859. The number of nitrogens with zero attached hydrogens (tertiary/aromatic N) is 2. The molecule has 0 fully saturated rings. The summed E-state index contributed by atoms with van der Waals surface area (Å²) in [5, 5.41) is 2.96. The maximum atomic E-state index is 11.9. The minimum absolute atomic E-state index is 0.0518. The van der Waals surface area contributed by atoms with Crippen molar-refractivity contribution in [2.75, 3.05) is 25.6 Å². The zero-order chi connectivity index (χ0) is 13.4. The summed E-state index contributed by atoms with van der Waals surface area (Å²) in [6, 6.07) is 0. The van der Waals surface area contributed by atoms with E-state index in [9.17, 15) is 4.79 Å². The lowest BCUT2D eigenvalue weighted by atomic mass is 10.3. The summed E-state index contributed by atoms with van der Waals surface area (Å²) in [4.78, 5) is 16.0. The topological polar surface area (TPSA) is 56.1 Å². The number of methoxy groups -OCH3 is 1. The number of ether oxygens (including phenoxy) is 1. The van der Waals surface area contributed by atoms with Gasteiger partial charge in [-0.1, -0.05) is 6.92 Å². The third kappa shape index (κ3) is 4.66. The molecule has 6 heteroatoms. The summed E-state index contributed by atoms with van der Waals surface area (Å²) >= 11 is 6.00. The molecule has 5 nitrogen and oxygen atoms in total. The van der Waals surface area contributed by atoms with Crippen molar-refractivity contribution in [2.24, 2.45) is 0 Å². The summed E-state index contributed by atoms with van der Waals surface area (Å²) in [6.45, 7) is 3.85. The molecular weight excluding hydrogens is 254 g/mol. The van der Waals surface area contributed by atoms with Gasteiger partial charge in [0, 0.05) is 32.6 Å². The molecule has 1 atom stereocenters. The van der Waals surface area contributed by atoms with Crippen LogP contribution in [0.4, 0.5) is 5.82 Å². The molecule has 1 N–H and O–H groups in total. The number of hydrogen-bond donors (Lipinski definition) is 1. The highest BCUT2D eigenvalue weighted by Crippen LogP contribution is 2.03. The molecule has 0 saturated carbocycles. The molecule has 0 aromatic carbocycles. The van der Waals surface area contributed by atoms with Crippen molar-refractivity contribution in [3.63, 3.8) is 0 Å². The molecule has 0 aliphatic rings. The van der Waals surface area contributed by atoms with Crippen LogP contribution in [0.25, 0.3) is 0 Å². The first-order chi connectivity index (χ1) is 8.69. The molecule has 0 radical (unpaired) electrons. The van der Waals surface area contributed by atoms with Crippen molar-refractivity contribution in [1.29, 1.82) is 0 Å². The van der Waals surface area contributed by atoms with Crippen LogP contribution in [0.15, 0.2) is 17.2 Å². The van der Waals surface area contributed by atoms with Crippen LogP contribution in [-0.4, -0.2) is 35.2 Å². The van der Waals surface area contributed by atoms with E-state index in [4.69, 9.17) is 16.3 Å². The lowest BCUT2D eigenvalue weighted by Crippen LogP contribution is -2.25. The number of halogens is 1. The minimum Gasteiger partial charge on any atom is -0.383 e. The van der Waals surface area contributed by atoms with Gasteiger partial charge in [-0.2, -0.15) is 0 Å². The van der Waals surface area contributed by atoms with Gasteiger partial charge in [0.1, 0.15) is 0 Å². The third-order valence-electron chi connectivity index (χ3n) is 2.48. The monoisotopic (exact) mass is 273 g/mol. The second-order valence-corrected chi connectivity index (χ2v) is 4.66. The van der Waals surface area contributed by atoms with E-state index < -0.39 is 0 Å². The summed E-state index contributed by atoms with van der Waals surface area (Å²) in [7, 11) is 1.62. The molecule has 1 aromatic rings. The van der Waals surface area contributed by atoms with Gasteiger partial charge in [0.05, 0.1) is 12.0 Å². The molecule has 0 amide bonds. The van der Waals surface area contributed by atoms with E-state index >= 15 is 0 Å². The van der Waals surface area contributed by atoms with Gasteiger partial charge in [-0.05, 0) is 12.8 Å². The molecule has 18 heavy (non-hydrogen) atoms. The quantitative estimate of drug-likeness (QED) is 0.733. The summed E-state index contributed by atoms with van der Waals surface area (Å²) < 4.78 is 6.60. The molecule has 1 unspecified atom stereocenters. The van der Waals surface area contributed by atoms with E-state index in [1.165, 1.54) is 0 Å². The molecule has 1 aromatic heterocycles. The van der Waals surface area contributed by atoms with Crippen LogP contribution in [0.3, 0.4) is 0 Å². The largest absolute Gasteiger partial charge is 0.383 e. The van der Waals surface area contributed by atoms with Crippen LogP contribution in [0.2, 0.25) is 0 Å². The number of alkyl halides is 1. The lowest BCUT2D eigenvalue weighted by Gasteiger charge is -2.10. The van der Waals surface area contributed by atoms with Gasteiger partial charge in [0.25, 0.3) is 5.56 Å². The van der Waals surface area contributed by atoms with Gasteiger partial charge >= 0.3 is 0 Å². The molecular formula is C12H20ClN3O2. The van der Waals surface area contributed by atoms with Gasteiger partial charge < -0.3 is 14.6 Å². The maximum absolute atomic E-state index is 11.9. The number of rotatable bonds is 8. The zero-order valence-electron chi connectivity index (χ0n) is 10.9. The van der Waals surface area contributed by atoms with E-state index in [1.54, 1.807) is 24.1 Å². The van der Waals surface area contributed by atoms with Crippen molar-refractivity contribution >= 4 is 17.4 Å². The van der Waals surface area contributed by atoms with Gasteiger partial charge in [-0.3, -0.25) is 4.79 Å². The Morgan fingerprint density at radius 2 is 2.39 bits per heavy atom. The SMILES string of the molecule is CCCn1ccnc(NCCC(Cl)COC)c1=O. The lowest BCUT2D eigenvalue weighted by molar-refractivity contribution is 0.196. The predicted molar refractivity (Wildman–Crippen MR) is 73.4 cm³/mol. The molecule has 0 aliphatic carbocycles. The molecule has 1 rings (SSSR count). The van der Waals surface area contributed by atoms with Crippen molar-refractivity contribution in [3.05, 3.63) is 22.7 Å². The number of hydrogen-bond acceptors (Lipinski definition) is 4. The van der Waals surface area contributed by atoms with Gasteiger partial charge in [0.2, 0.25) is 0 Å². The smallest absolute Gasteiger partial charge is 0.293 e. The van der Waals surface area contributed by atoms with Crippen LogP contribution in [-0.2, 0) is 11.3 Å². The zero-order valence-corrected chi connectivity index (χ0v) is 11.6. The summed E-state index contributed by atoms with van der Waals surface area (Å²) in [5.74, 6) is 0.382. The molecule has 0 aliphatic heterocycles. The van der Waals surface area contributed by atoms with E-state index in [-0.39, 0.29) is 10.9 Å². The third-order valence-corrected chi connectivity index (χ3v) is 2.82. The van der Waals surface area contributed by atoms with Gasteiger partial charge in [-0.15, -0.1) is 11.6 Å². The van der Waals surface area contributed by atoms with Crippen LogP contribution < -0.4 is 10.9 Å². The Kier molecular flexibility index (Phi) is 6.75. The van der Waals surface area contributed by atoms with E-state index in [0.29, 0.717) is 25.5 Å². The highest BCUT2D eigenvalue weighted by molar-refractivity contribution is 6.20. The van der Waals surface area contributed by atoms with Crippen molar-refractivity contribution in [1.82, 2.24) is 9.55 Å². The Hall–Kier alpha value is -1.07. The van der Waals surface area contributed by atoms with Crippen LogP contribution >= 0.6 is 11.6 Å². The van der Waals surface area contributed by atoms with Crippen molar-refractivity contribution < 1.29 is 4.74 Å². The normalized spacial score (nSPS) is 12.4. The number of anilines is 1. The Morgan fingerprint density at radius 3 is 3.06 bits per heavy atom. The second-order valence-electron chi connectivity index (χ2n) is 4.04. The van der Waals surface area contributed by atoms with Crippen molar-refractivity contribution in [3.8, 4) is 0 Å². The number of aromatic nitrogens is 2. The Labute approximate surface area is 112 Å². The molecule has 0 spiro atoms. The molecule has 102 valence electrons. The summed E-state index contributed by atoms with van der Waals surface area (Å²) in [6.07, 6.45) is 4.97. The first-order valence-corrected chi connectivity index (χ1v) is 6.55. The maximum Gasteiger partial charge on any atom is 0.293 e. The fraction of sp³-hybridized carbons (Fsp3) is 0.667. The van der Waals surface area contributed by atoms with Gasteiger partial charge in [-0.25, -0.2) is 4.98 Å². The van der Waals surface area contributed by atoms with Gasteiger partial charge in [0.15, 0.2) is 5.82 Å². The Bertz CT molecular complexity index is 409. The number of aryl methyl sites for hydroxylation is 1. The Morgan fingerprint density at radius 1 is 1.61 bits per heavy atom.